The third-order valence-electron chi connectivity index (χ3n) is 2.81. The highest BCUT2D eigenvalue weighted by Gasteiger charge is 2.16. The van der Waals surface area contributed by atoms with Crippen molar-refractivity contribution in [2.75, 3.05) is 5.32 Å². The summed E-state index contributed by atoms with van der Waals surface area (Å²) in [5.41, 5.74) is 0.751. The number of aliphatic carboxylic acids is 1. The van der Waals surface area contributed by atoms with Crippen molar-refractivity contribution < 1.29 is 9.90 Å². The van der Waals surface area contributed by atoms with Gasteiger partial charge in [0.05, 0.1) is 17.5 Å². The number of fused-ring (bicyclic) bond motifs is 1. The summed E-state index contributed by atoms with van der Waals surface area (Å²) >= 11 is 3.38. The molecular formula is C13H13BrN3O2-. The molecule has 2 rings (SSSR count). The molecule has 0 amide bonds. The topological polar surface area (TPSA) is 77.9 Å². The van der Waals surface area contributed by atoms with Gasteiger partial charge < -0.3 is 15.2 Å². The molecule has 1 N–H and O–H groups in total. The molecule has 1 aromatic heterocycles. The Bertz CT molecular complexity index is 616. The molecule has 0 spiro atoms. The molecule has 1 atom stereocenters. The van der Waals surface area contributed by atoms with Gasteiger partial charge in [0.1, 0.15) is 12.1 Å². The van der Waals surface area contributed by atoms with E-state index in [4.69, 9.17) is 0 Å². The molecule has 0 unspecified atom stereocenters. The Hall–Kier alpha value is -1.69. The first-order valence-electron chi connectivity index (χ1n) is 5.86. The third kappa shape index (κ3) is 3.01. The van der Waals surface area contributed by atoms with Gasteiger partial charge in [-0.25, -0.2) is 9.97 Å². The van der Waals surface area contributed by atoms with Crippen molar-refractivity contribution in [3.05, 3.63) is 29.0 Å². The Morgan fingerprint density at radius 3 is 2.74 bits per heavy atom. The summed E-state index contributed by atoms with van der Waals surface area (Å²) in [6.45, 7) is 3.62. The monoisotopic (exact) mass is 322 g/mol. The second-order valence-corrected chi connectivity index (χ2v) is 5.48. The van der Waals surface area contributed by atoms with Gasteiger partial charge in [0.15, 0.2) is 0 Å². The van der Waals surface area contributed by atoms with Crippen molar-refractivity contribution in [1.29, 1.82) is 0 Å². The highest BCUT2D eigenvalue weighted by molar-refractivity contribution is 9.10. The molecule has 19 heavy (non-hydrogen) atoms. The van der Waals surface area contributed by atoms with Crippen molar-refractivity contribution in [3.63, 3.8) is 0 Å². The van der Waals surface area contributed by atoms with E-state index >= 15 is 0 Å². The smallest absolute Gasteiger partial charge is 0.137 e. The van der Waals surface area contributed by atoms with Crippen LogP contribution in [0.5, 0.6) is 0 Å². The van der Waals surface area contributed by atoms with Crippen molar-refractivity contribution in [2.45, 2.75) is 19.9 Å². The molecule has 6 heteroatoms. The Morgan fingerprint density at radius 1 is 1.37 bits per heavy atom. The molecular weight excluding hydrogens is 310 g/mol. The Kier molecular flexibility index (Phi) is 3.99. The number of carboxylic acid groups (broad SMARTS) is 1. The van der Waals surface area contributed by atoms with E-state index in [1.165, 1.54) is 6.33 Å². The van der Waals surface area contributed by atoms with Crippen LogP contribution in [-0.2, 0) is 4.79 Å². The van der Waals surface area contributed by atoms with Crippen LogP contribution in [0, 0.1) is 5.92 Å². The van der Waals surface area contributed by atoms with Crippen LogP contribution >= 0.6 is 15.9 Å². The average molecular weight is 323 g/mol. The minimum absolute atomic E-state index is 0.109. The van der Waals surface area contributed by atoms with Crippen LogP contribution in [0.1, 0.15) is 13.8 Å². The van der Waals surface area contributed by atoms with Crippen LogP contribution in [0.3, 0.4) is 0 Å². The summed E-state index contributed by atoms with van der Waals surface area (Å²) in [6.07, 6.45) is 1.41. The molecule has 5 nitrogen and oxygen atoms in total. The Morgan fingerprint density at radius 2 is 2.11 bits per heavy atom. The van der Waals surface area contributed by atoms with Crippen LogP contribution in [0.4, 0.5) is 5.82 Å². The van der Waals surface area contributed by atoms with E-state index in [2.05, 4.69) is 31.2 Å². The summed E-state index contributed by atoms with van der Waals surface area (Å²) in [5, 5.41) is 14.8. The summed E-state index contributed by atoms with van der Waals surface area (Å²) < 4.78 is 0.882. The largest absolute Gasteiger partial charge is 0.548 e. The first-order valence-corrected chi connectivity index (χ1v) is 6.66. The number of hydrogen-bond donors (Lipinski definition) is 1. The van der Waals surface area contributed by atoms with Gasteiger partial charge in [-0.3, -0.25) is 0 Å². The van der Waals surface area contributed by atoms with Crippen LogP contribution in [0.15, 0.2) is 29.0 Å². The first-order chi connectivity index (χ1) is 8.99. The number of benzene rings is 1. The molecule has 1 heterocycles. The van der Waals surface area contributed by atoms with Gasteiger partial charge in [0.25, 0.3) is 0 Å². The molecule has 0 radical (unpaired) electrons. The zero-order valence-corrected chi connectivity index (χ0v) is 12.1. The Balaban J connectivity index is 2.44. The maximum Gasteiger partial charge on any atom is 0.137 e. The number of nitrogens with one attached hydrogen (secondary N) is 1. The summed E-state index contributed by atoms with van der Waals surface area (Å²) in [5.74, 6) is -0.756. The second kappa shape index (κ2) is 5.52. The van der Waals surface area contributed by atoms with Crippen LogP contribution in [-0.4, -0.2) is 22.0 Å². The molecule has 0 aliphatic rings. The molecule has 1 aromatic carbocycles. The van der Waals surface area contributed by atoms with E-state index in [1.807, 2.05) is 32.0 Å². The van der Waals surface area contributed by atoms with E-state index in [1.54, 1.807) is 0 Å². The summed E-state index contributed by atoms with van der Waals surface area (Å²) in [4.78, 5) is 19.4. The fraction of sp³-hybridized carbons (Fsp3) is 0.308. The zero-order chi connectivity index (χ0) is 14.0. The van der Waals surface area contributed by atoms with Crippen LogP contribution in [0.25, 0.3) is 10.9 Å². The predicted octanol–water partition coefficient (Wildman–Crippen LogP) is 1.58. The molecule has 0 aliphatic heterocycles. The van der Waals surface area contributed by atoms with Gasteiger partial charge in [-0.05, 0) is 24.1 Å². The average Bonchev–Trinajstić information content (AvgIpc) is 2.35. The maximum absolute atomic E-state index is 11.1. The van der Waals surface area contributed by atoms with Gasteiger partial charge in [0, 0.05) is 9.86 Å². The van der Waals surface area contributed by atoms with E-state index in [0.717, 1.165) is 15.4 Å². The van der Waals surface area contributed by atoms with Crippen molar-refractivity contribution in [1.82, 2.24) is 9.97 Å². The van der Waals surface area contributed by atoms with Crippen LogP contribution in [0.2, 0.25) is 0 Å². The lowest BCUT2D eigenvalue weighted by molar-refractivity contribution is -0.307. The standard InChI is InChI=1S/C13H14BrN3O2/c1-7(2)11(13(18)19)17-12-9-5-8(14)3-4-10(9)15-6-16-12/h3-7,11H,1-2H3,(H,18,19)(H,15,16,17)/p-1/t11-/m0/s1. The number of hydrogen-bond acceptors (Lipinski definition) is 5. The number of carbonyl (C=O) groups is 1. The van der Waals surface area contributed by atoms with Gasteiger partial charge >= 0.3 is 0 Å². The fourth-order valence-electron chi connectivity index (χ4n) is 1.79. The minimum atomic E-state index is -1.14. The predicted molar refractivity (Wildman–Crippen MR) is 74.5 cm³/mol. The minimum Gasteiger partial charge on any atom is -0.548 e. The third-order valence-corrected chi connectivity index (χ3v) is 3.30. The molecule has 0 aliphatic carbocycles. The molecule has 100 valence electrons. The van der Waals surface area contributed by atoms with E-state index in [0.29, 0.717) is 5.82 Å². The Labute approximate surface area is 119 Å². The van der Waals surface area contributed by atoms with Gasteiger partial charge in [-0.2, -0.15) is 0 Å². The normalized spacial score (nSPS) is 12.6. The fourth-order valence-corrected chi connectivity index (χ4v) is 2.15. The quantitative estimate of drug-likeness (QED) is 0.924. The lowest BCUT2D eigenvalue weighted by atomic mass is 10.0. The number of anilines is 1. The lowest BCUT2D eigenvalue weighted by Gasteiger charge is -2.24. The molecule has 2 aromatic rings. The summed E-state index contributed by atoms with van der Waals surface area (Å²) in [6, 6.07) is 4.77. The van der Waals surface area contributed by atoms with E-state index in [-0.39, 0.29) is 5.92 Å². The molecule has 0 saturated carbocycles. The highest BCUT2D eigenvalue weighted by Crippen LogP contribution is 2.24. The number of carboxylic acids is 1. The number of carbonyl (C=O) groups excluding carboxylic acids is 1. The van der Waals surface area contributed by atoms with Gasteiger partial charge in [-0.15, -0.1) is 0 Å². The van der Waals surface area contributed by atoms with Crippen molar-refractivity contribution in [2.24, 2.45) is 5.92 Å². The highest BCUT2D eigenvalue weighted by atomic mass is 79.9. The first kappa shape index (κ1) is 13.7. The van der Waals surface area contributed by atoms with Gasteiger partial charge in [0.2, 0.25) is 0 Å². The van der Waals surface area contributed by atoms with E-state index in [9.17, 15) is 9.90 Å². The second-order valence-electron chi connectivity index (χ2n) is 4.57. The van der Waals surface area contributed by atoms with E-state index < -0.39 is 12.0 Å². The maximum atomic E-state index is 11.1. The lowest BCUT2D eigenvalue weighted by Crippen LogP contribution is -2.44. The molecule has 0 saturated heterocycles. The van der Waals surface area contributed by atoms with Crippen molar-refractivity contribution >= 4 is 38.6 Å². The SMILES string of the molecule is CC(C)[C@H](Nc1ncnc2ccc(Br)cc12)C(=O)[O-]. The number of aromatic nitrogens is 2. The molecule has 0 fully saturated rings. The molecule has 0 bridgehead atoms. The van der Waals surface area contributed by atoms with Gasteiger partial charge in [-0.1, -0.05) is 29.8 Å². The number of rotatable bonds is 4. The summed E-state index contributed by atoms with van der Waals surface area (Å²) in [7, 11) is 0. The van der Waals surface area contributed by atoms with Crippen molar-refractivity contribution in [3.8, 4) is 0 Å². The number of halogens is 1. The number of nitrogens with zero attached hydrogens (tertiary/aromatic N) is 2. The zero-order valence-electron chi connectivity index (χ0n) is 10.6. The van der Waals surface area contributed by atoms with Crippen LogP contribution < -0.4 is 10.4 Å².